The molecular formula is C12H25NO2. The van der Waals surface area contributed by atoms with Crippen LogP contribution in [0.4, 0.5) is 0 Å². The molecule has 3 heteroatoms. The van der Waals surface area contributed by atoms with Crippen LogP contribution in [-0.2, 0) is 9.53 Å². The molecule has 90 valence electrons. The van der Waals surface area contributed by atoms with Crippen LogP contribution in [-0.4, -0.2) is 36.6 Å². The zero-order chi connectivity index (χ0) is 11.7. The number of nitrogens with zero attached hydrogens (tertiary/aromatic N) is 1. The maximum atomic E-state index is 11.4. The third kappa shape index (κ3) is 5.78. The average Bonchev–Trinajstić information content (AvgIpc) is 2.20. The number of carbonyl (C=O) groups excluding carboxylic acids is 1. The number of hydrogen-bond donors (Lipinski definition) is 0. The van der Waals surface area contributed by atoms with E-state index in [9.17, 15) is 4.79 Å². The Kier molecular flexibility index (Phi) is 8.38. The fourth-order valence-corrected chi connectivity index (χ4v) is 1.86. The largest absolute Gasteiger partial charge is 0.465 e. The fraction of sp³-hybridized carbons (Fsp3) is 0.917. The average molecular weight is 215 g/mol. The third-order valence-electron chi connectivity index (χ3n) is 2.61. The first kappa shape index (κ1) is 14.4. The van der Waals surface area contributed by atoms with Gasteiger partial charge in [0.25, 0.3) is 0 Å². The maximum absolute atomic E-state index is 11.4. The summed E-state index contributed by atoms with van der Waals surface area (Å²) in [7, 11) is 0. The summed E-state index contributed by atoms with van der Waals surface area (Å²) in [5.41, 5.74) is 0. The Morgan fingerprint density at radius 3 is 2.20 bits per heavy atom. The van der Waals surface area contributed by atoms with Crippen LogP contribution in [0.15, 0.2) is 0 Å². The number of ether oxygens (including phenoxy) is 1. The number of carbonyl (C=O) groups is 1. The molecule has 0 atom stereocenters. The lowest BCUT2D eigenvalue weighted by atomic mass is 10.1. The Bertz CT molecular complexity index is 167. The first-order valence-electron chi connectivity index (χ1n) is 6.09. The van der Waals surface area contributed by atoms with Crippen molar-refractivity contribution in [3.63, 3.8) is 0 Å². The summed E-state index contributed by atoms with van der Waals surface area (Å²) in [6, 6.07) is 0.509. The molecule has 0 aromatic rings. The van der Waals surface area contributed by atoms with Crippen LogP contribution in [0.3, 0.4) is 0 Å². The van der Waals surface area contributed by atoms with Gasteiger partial charge in [0.05, 0.1) is 13.2 Å². The first-order chi connectivity index (χ1) is 7.19. The normalized spacial score (nSPS) is 11.1. The second-order valence-corrected chi connectivity index (χ2v) is 3.75. The summed E-state index contributed by atoms with van der Waals surface area (Å²) >= 11 is 0. The van der Waals surface area contributed by atoms with Crippen molar-refractivity contribution in [2.75, 3.05) is 19.7 Å². The highest BCUT2D eigenvalue weighted by Gasteiger charge is 2.17. The summed E-state index contributed by atoms with van der Waals surface area (Å²) < 4.78 is 4.98. The summed E-state index contributed by atoms with van der Waals surface area (Å²) in [6.07, 6.45) is 3.27. The lowest BCUT2D eigenvalue weighted by molar-refractivity contribution is -0.145. The van der Waals surface area contributed by atoms with Crippen LogP contribution in [0.25, 0.3) is 0 Å². The molecule has 15 heavy (non-hydrogen) atoms. The van der Waals surface area contributed by atoms with Crippen molar-refractivity contribution in [3.8, 4) is 0 Å². The first-order valence-corrected chi connectivity index (χ1v) is 6.09. The highest BCUT2D eigenvalue weighted by atomic mass is 16.5. The predicted octanol–water partition coefficient (Wildman–Crippen LogP) is 2.45. The lowest BCUT2D eigenvalue weighted by Gasteiger charge is -2.28. The van der Waals surface area contributed by atoms with Gasteiger partial charge in [-0.25, -0.2) is 0 Å². The third-order valence-corrected chi connectivity index (χ3v) is 2.61. The van der Waals surface area contributed by atoms with E-state index >= 15 is 0 Å². The topological polar surface area (TPSA) is 29.5 Å². The van der Waals surface area contributed by atoms with Gasteiger partial charge in [-0.2, -0.15) is 0 Å². The Hall–Kier alpha value is -0.570. The van der Waals surface area contributed by atoms with Gasteiger partial charge in [-0.05, 0) is 32.7 Å². The van der Waals surface area contributed by atoms with Gasteiger partial charge >= 0.3 is 5.97 Å². The molecule has 0 rings (SSSR count). The van der Waals surface area contributed by atoms with E-state index in [4.69, 9.17) is 4.74 Å². The van der Waals surface area contributed by atoms with Crippen LogP contribution in [0, 0.1) is 0 Å². The highest BCUT2D eigenvalue weighted by Crippen LogP contribution is 2.09. The zero-order valence-corrected chi connectivity index (χ0v) is 10.6. The Labute approximate surface area is 93.8 Å². The molecular weight excluding hydrogens is 190 g/mol. The molecule has 0 aliphatic rings. The molecule has 0 radical (unpaired) electrons. The Morgan fingerprint density at radius 1 is 1.20 bits per heavy atom. The standard InChI is InChI=1S/C12H25NO2/c1-5-9-13(11(6-2)7-3)10-12(14)15-8-4/h11H,5-10H2,1-4H3. The summed E-state index contributed by atoms with van der Waals surface area (Å²) in [6.45, 7) is 10.2. The van der Waals surface area contributed by atoms with Gasteiger partial charge in [0.1, 0.15) is 0 Å². The van der Waals surface area contributed by atoms with Crippen LogP contribution >= 0.6 is 0 Å². The molecule has 0 aliphatic carbocycles. The molecule has 0 spiro atoms. The molecule has 0 saturated heterocycles. The highest BCUT2D eigenvalue weighted by molar-refractivity contribution is 5.71. The summed E-state index contributed by atoms with van der Waals surface area (Å²) in [4.78, 5) is 13.6. The predicted molar refractivity (Wildman–Crippen MR) is 62.9 cm³/mol. The molecule has 0 fully saturated rings. The van der Waals surface area contributed by atoms with Crippen molar-refractivity contribution in [1.29, 1.82) is 0 Å². The van der Waals surface area contributed by atoms with Crippen LogP contribution in [0.5, 0.6) is 0 Å². The fourth-order valence-electron chi connectivity index (χ4n) is 1.86. The van der Waals surface area contributed by atoms with Crippen molar-refractivity contribution >= 4 is 5.97 Å². The second kappa shape index (κ2) is 8.72. The van der Waals surface area contributed by atoms with Gasteiger partial charge in [0, 0.05) is 6.04 Å². The Morgan fingerprint density at radius 2 is 1.80 bits per heavy atom. The minimum Gasteiger partial charge on any atom is -0.465 e. The van der Waals surface area contributed by atoms with Crippen LogP contribution < -0.4 is 0 Å². The molecule has 0 aromatic carbocycles. The van der Waals surface area contributed by atoms with Crippen molar-refractivity contribution < 1.29 is 9.53 Å². The molecule has 0 aromatic heterocycles. The van der Waals surface area contributed by atoms with E-state index in [0.29, 0.717) is 19.2 Å². The number of hydrogen-bond acceptors (Lipinski definition) is 3. The van der Waals surface area contributed by atoms with E-state index < -0.39 is 0 Å². The van der Waals surface area contributed by atoms with Gasteiger partial charge in [0.15, 0.2) is 0 Å². The van der Waals surface area contributed by atoms with Crippen LogP contribution in [0.2, 0.25) is 0 Å². The molecule has 0 bridgehead atoms. The minimum atomic E-state index is -0.0992. The van der Waals surface area contributed by atoms with Crippen molar-refractivity contribution in [2.24, 2.45) is 0 Å². The second-order valence-electron chi connectivity index (χ2n) is 3.75. The van der Waals surface area contributed by atoms with E-state index in [2.05, 4.69) is 25.7 Å². The van der Waals surface area contributed by atoms with Crippen LogP contribution in [0.1, 0.15) is 47.0 Å². The van der Waals surface area contributed by atoms with Gasteiger partial charge in [-0.15, -0.1) is 0 Å². The van der Waals surface area contributed by atoms with Gasteiger partial charge in [-0.1, -0.05) is 20.8 Å². The van der Waals surface area contributed by atoms with Gasteiger partial charge < -0.3 is 4.74 Å². The summed E-state index contributed by atoms with van der Waals surface area (Å²) in [5, 5.41) is 0. The van der Waals surface area contributed by atoms with Gasteiger partial charge in [0.2, 0.25) is 0 Å². The van der Waals surface area contributed by atoms with Crippen molar-refractivity contribution in [3.05, 3.63) is 0 Å². The maximum Gasteiger partial charge on any atom is 0.320 e. The molecule has 0 heterocycles. The van der Waals surface area contributed by atoms with Crippen molar-refractivity contribution in [2.45, 2.75) is 53.0 Å². The molecule has 0 aliphatic heterocycles. The zero-order valence-electron chi connectivity index (χ0n) is 10.6. The van der Waals surface area contributed by atoms with E-state index in [-0.39, 0.29) is 5.97 Å². The quantitative estimate of drug-likeness (QED) is 0.582. The number of esters is 1. The van der Waals surface area contributed by atoms with E-state index in [1.54, 1.807) is 0 Å². The molecule has 0 N–H and O–H groups in total. The van der Waals surface area contributed by atoms with Gasteiger partial charge in [-0.3, -0.25) is 9.69 Å². The minimum absolute atomic E-state index is 0.0992. The Balaban J connectivity index is 4.18. The van der Waals surface area contributed by atoms with E-state index in [1.165, 1.54) is 0 Å². The molecule has 0 amide bonds. The molecule has 0 unspecified atom stereocenters. The SMILES string of the molecule is CCCN(CC(=O)OCC)C(CC)CC. The molecule has 0 saturated carbocycles. The summed E-state index contributed by atoms with van der Waals surface area (Å²) in [5.74, 6) is -0.0992. The van der Waals surface area contributed by atoms with E-state index in [0.717, 1.165) is 25.8 Å². The van der Waals surface area contributed by atoms with E-state index in [1.807, 2.05) is 6.92 Å². The monoisotopic (exact) mass is 215 g/mol. The smallest absolute Gasteiger partial charge is 0.320 e. The lowest BCUT2D eigenvalue weighted by Crippen LogP contribution is -2.39. The van der Waals surface area contributed by atoms with Crippen molar-refractivity contribution in [1.82, 2.24) is 4.90 Å². The number of rotatable bonds is 8. The molecule has 3 nitrogen and oxygen atoms in total.